The van der Waals surface area contributed by atoms with Crippen molar-refractivity contribution in [2.24, 2.45) is 0 Å². The lowest BCUT2D eigenvalue weighted by molar-refractivity contribution is -0.384. The van der Waals surface area contributed by atoms with Gasteiger partial charge >= 0.3 is 6.03 Å². The second kappa shape index (κ2) is 10.3. The fourth-order valence-corrected chi connectivity index (χ4v) is 3.54. The molecule has 36 heavy (non-hydrogen) atoms. The van der Waals surface area contributed by atoms with E-state index < -0.39 is 22.8 Å². The maximum Gasteiger partial charge on any atom is 0.335 e. The van der Waals surface area contributed by atoms with Crippen molar-refractivity contribution in [3.05, 3.63) is 98.6 Å². The van der Waals surface area contributed by atoms with Gasteiger partial charge in [0, 0.05) is 17.2 Å². The summed E-state index contributed by atoms with van der Waals surface area (Å²) in [6.07, 6.45) is 1.34. The van der Waals surface area contributed by atoms with Crippen molar-refractivity contribution < 1.29 is 28.8 Å². The summed E-state index contributed by atoms with van der Waals surface area (Å²) in [6.45, 7) is 0.133. The number of urea groups is 1. The number of nitro groups is 1. The van der Waals surface area contributed by atoms with Crippen LogP contribution in [0.3, 0.4) is 0 Å². The topological polar surface area (TPSA) is 128 Å². The highest BCUT2D eigenvalue weighted by atomic mass is 35.5. The Morgan fingerprint density at radius 1 is 1.00 bits per heavy atom. The van der Waals surface area contributed by atoms with Gasteiger partial charge in [-0.25, -0.2) is 9.69 Å². The van der Waals surface area contributed by atoms with E-state index in [4.69, 9.17) is 21.1 Å². The number of methoxy groups -OCH3 is 1. The van der Waals surface area contributed by atoms with Gasteiger partial charge in [0.15, 0.2) is 11.5 Å². The predicted octanol–water partition coefficient (Wildman–Crippen LogP) is 4.50. The summed E-state index contributed by atoms with van der Waals surface area (Å²) in [5, 5.41) is 13.4. The molecule has 0 atom stereocenters. The largest absolute Gasteiger partial charge is 0.493 e. The standard InChI is InChI=1S/C25H18ClN3O7/c1-35-22-13-16(4-11-21(22)36-14-15-2-7-19(8-3-15)29(33)34)12-20-23(30)27-25(32)28(24(20)31)18-9-5-17(26)6-10-18/h2-13H,14H2,1H3,(H,27,30,32)/b20-12-. The van der Waals surface area contributed by atoms with Crippen molar-refractivity contribution in [1.82, 2.24) is 5.32 Å². The molecule has 1 fully saturated rings. The Bertz CT molecular complexity index is 1390. The van der Waals surface area contributed by atoms with Crippen molar-refractivity contribution in [1.29, 1.82) is 0 Å². The van der Waals surface area contributed by atoms with E-state index in [2.05, 4.69) is 5.32 Å². The minimum absolute atomic E-state index is 0.0219. The molecule has 3 aromatic carbocycles. The molecule has 1 saturated heterocycles. The van der Waals surface area contributed by atoms with Gasteiger partial charge < -0.3 is 9.47 Å². The first-order chi connectivity index (χ1) is 17.3. The van der Waals surface area contributed by atoms with E-state index in [1.54, 1.807) is 30.3 Å². The molecular formula is C25H18ClN3O7. The van der Waals surface area contributed by atoms with E-state index >= 15 is 0 Å². The molecule has 0 unspecified atom stereocenters. The third-order valence-corrected chi connectivity index (χ3v) is 5.48. The zero-order chi connectivity index (χ0) is 25.8. The van der Waals surface area contributed by atoms with Crippen LogP contribution in [-0.4, -0.2) is 29.9 Å². The highest BCUT2D eigenvalue weighted by Gasteiger charge is 2.36. The third-order valence-electron chi connectivity index (χ3n) is 5.23. The molecule has 10 nitrogen and oxygen atoms in total. The molecule has 0 aliphatic carbocycles. The number of nitro benzene ring substituents is 1. The second-order valence-electron chi connectivity index (χ2n) is 7.56. The van der Waals surface area contributed by atoms with E-state index in [0.717, 1.165) is 4.90 Å². The van der Waals surface area contributed by atoms with Crippen LogP contribution in [0.4, 0.5) is 16.2 Å². The van der Waals surface area contributed by atoms with Crippen LogP contribution in [0.2, 0.25) is 5.02 Å². The molecule has 4 amide bonds. The van der Waals surface area contributed by atoms with Crippen molar-refractivity contribution in [3.8, 4) is 11.5 Å². The van der Waals surface area contributed by atoms with Gasteiger partial charge in [-0.2, -0.15) is 0 Å². The van der Waals surface area contributed by atoms with E-state index in [-0.39, 0.29) is 23.6 Å². The Hall–Kier alpha value is -4.70. The van der Waals surface area contributed by atoms with Gasteiger partial charge in [-0.05, 0) is 65.7 Å². The molecule has 0 aromatic heterocycles. The quantitative estimate of drug-likeness (QED) is 0.216. The number of carbonyl (C=O) groups is 3. The van der Waals surface area contributed by atoms with Crippen molar-refractivity contribution in [2.75, 3.05) is 12.0 Å². The minimum atomic E-state index is -0.864. The second-order valence-corrected chi connectivity index (χ2v) is 7.99. The van der Waals surface area contributed by atoms with Crippen molar-refractivity contribution in [2.45, 2.75) is 6.61 Å². The van der Waals surface area contributed by atoms with Crippen LogP contribution in [0.1, 0.15) is 11.1 Å². The fourth-order valence-electron chi connectivity index (χ4n) is 3.42. The van der Waals surface area contributed by atoms with Crippen LogP contribution in [0.25, 0.3) is 6.08 Å². The van der Waals surface area contributed by atoms with Crippen LogP contribution in [0.15, 0.2) is 72.3 Å². The van der Waals surface area contributed by atoms with Gasteiger partial charge in [-0.1, -0.05) is 17.7 Å². The molecule has 0 spiro atoms. The number of imide groups is 2. The Balaban J connectivity index is 1.55. The Morgan fingerprint density at radius 2 is 1.69 bits per heavy atom. The van der Waals surface area contributed by atoms with Gasteiger partial charge in [0.25, 0.3) is 17.5 Å². The lowest BCUT2D eigenvalue weighted by atomic mass is 10.1. The summed E-state index contributed by atoms with van der Waals surface area (Å²) < 4.78 is 11.2. The summed E-state index contributed by atoms with van der Waals surface area (Å²) in [7, 11) is 1.43. The van der Waals surface area contributed by atoms with Gasteiger partial charge in [0.2, 0.25) is 0 Å². The molecule has 0 radical (unpaired) electrons. The number of hydrogen-bond donors (Lipinski definition) is 1. The number of carbonyl (C=O) groups excluding carboxylic acids is 3. The maximum atomic E-state index is 13.0. The third kappa shape index (κ3) is 5.18. The van der Waals surface area contributed by atoms with Crippen LogP contribution in [0, 0.1) is 10.1 Å². The number of non-ortho nitro benzene ring substituents is 1. The van der Waals surface area contributed by atoms with Gasteiger partial charge in [-0.15, -0.1) is 0 Å². The van der Waals surface area contributed by atoms with Gasteiger partial charge in [0.05, 0.1) is 17.7 Å². The number of anilines is 1. The molecule has 1 aliphatic heterocycles. The number of benzene rings is 3. The molecular weight excluding hydrogens is 490 g/mol. The summed E-state index contributed by atoms with van der Waals surface area (Å²) in [6, 6.07) is 15.9. The molecule has 1 heterocycles. The van der Waals surface area contributed by atoms with E-state index in [1.807, 2.05) is 0 Å². The zero-order valence-electron chi connectivity index (χ0n) is 18.8. The highest BCUT2D eigenvalue weighted by molar-refractivity contribution is 6.39. The first-order valence-corrected chi connectivity index (χ1v) is 10.9. The van der Waals surface area contributed by atoms with E-state index in [9.17, 15) is 24.5 Å². The number of ether oxygens (including phenoxy) is 2. The molecule has 0 bridgehead atoms. The summed E-state index contributed by atoms with van der Waals surface area (Å²) in [4.78, 5) is 48.9. The normalized spacial score (nSPS) is 14.6. The SMILES string of the molecule is COc1cc(/C=C2/C(=O)NC(=O)N(c3ccc(Cl)cc3)C2=O)ccc1OCc1ccc([N+](=O)[O-])cc1. The highest BCUT2D eigenvalue weighted by Crippen LogP contribution is 2.31. The number of hydrogen-bond acceptors (Lipinski definition) is 7. The molecule has 182 valence electrons. The van der Waals surface area contributed by atoms with Crippen LogP contribution < -0.4 is 19.7 Å². The Kier molecular flexibility index (Phi) is 6.98. The average molecular weight is 508 g/mol. The van der Waals surface area contributed by atoms with Crippen molar-refractivity contribution >= 4 is 46.9 Å². The first kappa shape index (κ1) is 24.4. The van der Waals surface area contributed by atoms with E-state index in [1.165, 1.54) is 49.6 Å². The molecule has 0 saturated carbocycles. The number of barbiturate groups is 1. The van der Waals surface area contributed by atoms with Crippen LogP contribution in [0.5, 0.6) is 11.5 Å². The molecule has 1 N–H and O–H groups in total. The Labute approximate surface area is 209 Å². The number of halogens is 1. The molecule has 3 aromatic rings. The number of rotatable bonds is 7. The lowest BCUT2D eigenvalue weighted by Gasteiger charge is -2.26. The summed E-state index contributed by atoms with van der Waals surface area (Å²) in [5.41, 5.74) is 1.16. The average Bonchev–Trinajstić information content (AvgIpc) is 2.86. The smallest absolute Gasteiger partial charge is 0.335 e. The van der Waals surface area contributed by atoms with Crippen molar-refractivity contribution in [3.63, 3.8) is 0 Å². The lowest BCUT2D eigenvalue weighted by Crippen LogP contribution is -2.54. The van der Waals surface area contributed by atoms with Gasteiger partial charge in [0.1, 0.15) is 12.2 Å². The summed E-state index contributed by atoms with van der Waals surface area (Å²) >= 11 is 5.88. The minimum Gasteiger partial charge on any atom is -0.493 e. The van der Waals surface area contributed by atoms with Crippen LogP contribution >= 0.6 is 11.6 Å². The van der Waals surface area contributed by atoms with E-state index in [0.29, 0.717) is 27.6 Å². The maximum absolute atomic E-state index is 13.0. The zero-order valence-corrected chi connectivity index (χ0v) is 19.5. The predicted molar refractivity (Wildman–Crippen MR) is 131 cm³/mol. The number of nitrogens with one attached hydrogen (secondary N) is 1. The van der Waals surface area contributed by atoms with Crippen LogP contribution in [-0.2, 0) is 16.2 Å². The Morgan fingerprint density at radius 3 is 2.33 bits per heavy atom. The number of nitrogens with zero attached hydrogens (tertiary/aromatic N) is 2. The molecule has 1 aliphatic rings. The summed E-state index contributed by atoms with van der Waals surface area (Å²) in [5.74, 6) is -0.896. The fraction of sp³-hybridized carbons (Fsp3) is 0.0800. The molecule has 11 heteroatoms. The first-order valence-electron chi connectivity index (χ1n) is 10.5. The monoisotopic (exact) mass is 507 g/mol. The van der Waals surface area contributed by atoms with Gasteiger partial charge in [-0.3, -0.25) is 25.0 Å². The molecule has 4 rings (SSSR count). The number of amides is 4.